The molecule has 2 N–H and O–H groups in total. The zero-order valence-corrected chi connectivity index (χ0v) is 10.7. The van der Waals surface area contributed by atoms with Crippen LogP contribution in [0, 0.1) is 0 Å². The van der Waals surface area contributed by atoms with Crippen LogP contribution in [0.1, 0.15) is 20.3 Å². The molecule has 0 aromatic heterocycles. The maximum absolute atomic E-state index is 11.2. The van der Waals surface area contributed by atoms with Gasteiger partial charge < -0.3 is 20.1 Å². The number of likely N-dealkylation sites (N-methyl/N-ethyl adjacent to an activating group) is 2. The van der Waals surface area contributed by atoms with E-state index in [1.807, 2.05) is 18.9 Å². The van der Waals surface area contributed by atoms with Gasteiger partial charge in [0.25, 0.3) is 0 Å². The predicted octanol–water partition coefficient (Wildman–Crippen LogP) is 0.408. The summed E-state index contributed by atoms with van der Waals surface area (Å²) >= 11 is 0. The first-order valence-electron chi connectivity index (χ1n) is 5.62. The quantitative estimate of drug-likeness (QED) is 0.564. The van der Waals surface area contributed by atoms with Gasteiger partial charge in [0.15, 0.2) is 0 Å². The van der Waals surface area contributed by atoms with E-state index < -0.39 is 11.5 Å². The van der Waals surface area contributed by atoms with E-state index in [0.717, 1.165) is 13.0 Å². The fourth-order valence-electron chi connectivity index (χ4n) is 1.69. The Hall–Kier alpha value is -0.650. The van der Waals surface area contributed by atoms with E-state index in [-0.39, 0.29) is 0 Å². The van der Waals surface area contributed by atoms with Crippen molar-refractivity contribution in [3.8, 4) is 0 Å². The lowest BCUT2D eigenvalue weighted by Crippen LogP contribution is -2.56. The first-order valence-corrected chi connectivity index (χ1v) is 5.62. The van der Waals surface area contributed by atoms with E-state index in [1.165, 1.54) is 0 Å². The number of aliphatic carboxylic acids is 1. The average Bonchev–Trinajstić information content (AvgIpc) is 2.18. The van der Waals surface area contributed by atoms with Crippen molar-refractivity contribution in [2.75, 3.05) is 40.4 Å². The molecule has 16 heavy (non-hydrogen) atoms. The van der Waals surface area contributed by atoms with E-state index in [2.05, 4.69) is 5.32 Å². The normalized spacial score (nSPS) is 15.1. The zero-order chi connectivity index (χ0) is 12.6. The van der Waals surface area contributed by atoms with Crippen LogP contribution < -0.4 is 5.32 Å². The molecule has 0 amide bonds. The number of nitrogens with one attached hydrogen (secondary N) is 1. The van der Waals surface area contributed by atoms with Gasteiger partial charge in [-0.25, -0.2) is 0 Å². The summed E-state index contributed by atoms with van der Waals surface area (Å²) in [6.07, 6.45) is 0.912. The minimum absolute atomic E-state index is 0.486. The van der Waals surface area contributed by atoms with Crippen molar-refractivity contribution in [1.29, 1.82) is 0 Å². The lowest BCUT2D eigenvalue weighted by atomic mass is 10.0. The van der Waals surface area contributed by atoms with E-state index >= 15 is 0 Å². The van der Waals surface area contributed by atoms with Crippen LogP contribution in [0.5, 0.6) is 0 Å². The van der Waals surface area contributed by atoms with Crippen molar-refractivity contribution in [1.82, 2.24) is 10.2 Å². The zero-order valence-electron chi connectivity index (χ0n) is 10.7. The predicted molar refractivity (Wildman–Crippen MR) is 63.7 cm³/mol. The highest BCUT2D eigenvalue weighted by molar-refractivity contribution is 5.78. The number of hydrogen-bond acceptors (Lipinski definition) is 4. The van der Waals surface area contributed by atoms with Crippen molar-refractivity contribution in [2.45, 2.75) is 25.8 Å². The first kappa shape index (κ1) is 15.3. The van der Waals surface area contributed by atoms with Gasteiger partial charge in [0.1, 0.15) is 5.54 Å². The summed E-state index contributed by atoms with van der Waals surface area (Å²) in [5.74, 6) is -0.812. The van der Waals surface area contributed by atoms with Gasteiger partial charge in [-0.15, -0.1) is 0 Å². The van der Waals surface area contributed by atoms with Crippen molar-refractivity contribution in [3.05, 3.63) is 0 Å². The van der Waals surface area contributed by atoms with Crippen LogP contribution in [-0.2, 0) is 9.53 Å². The van der Waals surface area contributed by atoms with E-state index in [0.29, 0.717) is 19.7 Å². The van der Waals surface area contributed by atoms with Gasteiger partial charge in [-0.05, 0) is 26.9 Å². The van der Waals surface area contributed by atoms with Crippen LogP contribution in [0.2, 0.25) is 0 Å². The Balaban J connectivity index is 4.13. The molecular weight excluding hydrogens is 208 g/mol. The molecule has 1 atom stereocenters. The van der Waals surface area contributed by atoms with Crippen molar-refractivity contribution in [3.63, 3.8) is 0 Å². The number of hydrogen-bond donors (Lipinski definition) is 2. The third kappa shape index (κ3) is 5.44. The molecule has 96 valence electrons. The van der Waals surface area contributed by atoms with Gasteiger partial charge in [-0.2, -0.15) is 0 Å². The second-order valence-electron chi connectivity index (χ2n) is 4.25. The van der Waals surface area contributed by atoms with Gasteiger partial charge in [0, 0.05) is 26.8 Å². The maximum Gasteiger partial charge on any atom is 0.324 e. The lowest BCUT2D eigenvalue weighted by Gasteiger charge is -2.30. The summed E-state index contributed by atoms with van der Waals surface area (Å²) in [4.78, 5) is 13.2. The minimum atomic E-state index is -0.878. The molecule has 0 aliphatic carbocycles. The Labute approximate surface area is 97.8 Å². The second-order valence-corrected chi connectivity index (χ2v) is 4.25. The van der Waals surface area contributed by atoms with E-state index in [1.54, 1.807) is 14.0 Å². The molecule has 0 saturated heterocycles. The number of carboxylic acids is 1. The minimum Gasteiger partial charge on any atom is -0.480 e. The first-order chi connectivity index (χ1) is 7.46. The summed E-state index contributed by atoms with van der Waals surface area (Å²) in [6.45, 7) is 6.30. The summed E-state index contributed by atoms with van der Waals surface area (Å²) in [7, 11) is 3.59. The van der Waals surface area contributed by atoms with Crippen LogP contribution in [0.25, 0.3) is 0 Å². The van der Waals surface area contributed by atoms with Gasteiger partial charge in [0.05, 0.1) is 0 Å². The number of carbonyl (C=O) groups is 1. The van der Waals surface area contributed by atoms with Crippen LogP contribution in [0.3, 0.4) is 0 Å². The molecule has 0 bridgehead atoms. The Morgan fingerprint density at radius 1 is 1.56 bits per heavy atom. The molecule has 5 heteroatoms. The summed E-state index contributed by atoms with van der Waals surface area (Å²) in [5.41, 5.74) is -0.878. The average molecular weight is 232 g/mol. The fourth-order valence-corrected chi connectivity index (χ4v) is 1.69. The van der Waals surface area contributed by atoms with Crippen LogP contribution in [0.4, 0.5) is 0 Å². The smallest absolute Gasteiger partial charge is 0.324 e. The largest absolute Gasteiger partial charge is 0.480 e. The molecule has 0 aromatic carbocycles. The van der Waals surface area contributed by atoms with Gasteiger partial charge in [0.2, 0.25) is 0 Å². The number of nitrogens with zero attached hydrogens (tertiary/aromatic N) is 1. The molecular formula is C11H24N2O3. The van der Waals surface area contributed by atoms with Crippen LogP contribution in [-0.4, -0.2) is 61.9 Å². The molecule has 0 saturated carbocycles. The Morgan fingerprint density at radius 3 is 2.62 bits per heavy atom. The van der Waals surface area contributed by atoms with E-state index in [4.69, 9.17) is 4.74 Å². The molecule has 0 fully saturated rings. The van der Waals surface area contributed by atoms with E-state index in [9.17, 15) is 9.90 Å². The number of rotatable bonds is 9. The van der Waals surface area contributed by atoms with Crippen molar-refractivity contribution < 1.29 is 14.6 Å². The van der Waals surface area contributed by atoms with Crippen LogP contribution >= 0.6 is 0 Å². The van der Waals surface area contributed by atoms with Crippen molar-refractivity contribution >= 4 is 5.97 Å². The topological polar surface area (TPSA) is 61.8 Å². The molecule has 0 radical (unpaired) electrons. The molecule has 0 heterocycles. The van der Waals surface area contributed by atoms with Crippen molar-refractivity contribution in [2.24, 2.45) is 0 Å². The third-order valence-corrected chi connectivity index (χ3v) is 2.51. The number of carboxylic acid groups (broad SMARTS) is 1. The Kier molecular flexibility index (Phi) is 7.29. The SMILES string of the molecule is CCNC(C)(CN(C)CCCOC)C(=O)O. The maximum atomic E-state index is 11.2. The highest BCUT2D eigenvalue weighted by atomic mass is 16.5. The molecule has 5 nitrogen and oxygen atoms in total. The van der Waals surface area contributed by atoms with Crippen LogP contribution in [0.15, 0.2) is 0 Å². The monoisotopic (exact) mass is 232 g/mol. The highest BCUT2D eigenvalue weighted by Crippen LogP contribution is 2.06. The highest BCUT2D eigenvalue weighted by Gasteiger charge is 2.32. The molecule has 0 rings (SSSR count). The Morgan fingerprint density at radius 2 is 2.19 bits per heavy atom. The summed E-state index contributed by atoms with van der Waals surface area (Å²) in [5, 5.41) is 12.2. The van der Waals surface area contributed by atoms with Gasteiger partial charge in [-0.1, -0.05) is 6.92 Å². The fraction of sp³-hybridized carbons (Fsp3) is 0.909. The molecule has 0 spiro atoms. The molecule has 0 aliphatic rings. The molecule has 0 aromatic rings. The third-order valence-electron chi connectivity index (χ3n) is 2.51. The summed E-state index contributed by atoms with van der Waals surface area (Å²) < 4.78 is 4.96. The number of ether oxygens (including phenoxy) is 1. The Bertz CT molecular complexity index is 211. The number of methoxy groups -OCH3 is 1. The lowest BCUT2D eigenvalue weighted by molar-refractivity contribution is -0.144. The summed E-state index contributed by atoms with van der Waals surface area (Å²) in [6, 6.07) is 0. The van der Waals surface area contributed by atoms with Gasteiger partial charge >= 0.3 is 5.97 Å². The second kappa shape index (κ2) is 7.60. The van der Waals surface area contributed by atoms with Gasteiger partial charge in [-0.3, -0.25) is 4.79 Å². The molecule has 0 aliphatic heterocycles. The standard InChI is InChI=1S/C11H24N2O3/c1-5-12-11(2,10(14)15)9-13(3)7-6-8-16-4/h12H,5-9H2,1-4H3,(H,14,15). The molecule has 1 unspecified atom stereocenters.